The first-order chi connectivity index (χ1) is 25.9. The van der Waals surface area contributed by atoms with Gasteiger partial charge in [0.2, 0.25) is 5.91 Å². The average Bonchev–Trinajstić information content (AvgIpc) is 3.57. The van der Waals surface area contributed by atoms with Crippen molar-refractivity contribution in [2.24, 2.45) is 0 Å². The fourth-order valence-corrected chi connectivity index (χ4v) is 6.98. The highest BCUT2D eigenvalue weighted by atomic mass is 31.2. The number of imidazole rings is 1. The lowest BCUT2D eigenvalue weighted by Crippen LogP contribution is -2.32. The Balaban J connectivity index is 1.18. The number of nitrogens with two attached hydrogens (primary N) is 1. The number of unbranched alkanes of at least 4 members (excludes halogenated alkanes) is 1. The molecule has 0 radical (unpaired) electrons. The summed E-state index contributed by atoms with van der Waals surface area (Å²) in [5.74, 6) is 0.741. The van der Waals surface area contributed by atoms with Crippen molar-refractivity contribution in [1.82, 2.24) is 29.9 Å². The third-order valence-corrected chi connectivity index (χ3v) is 9.83. The Morgan fingerprint density at radius 3 is 2.30 bits per heavy atom. The Labute approximate surface area is 313 Å². The maximum absolute atomic E-state index is 14.2. The molecule has 4 N–H and O–H groups in total. The van der Waals surface area contributed by atoms with E-state index in [0.29, 0.717) is 42.2 Å². The molecule has 4 aromatic rings. The molecule has 2 atom stereocenters. The molecule has 0 aliphatic rings. The van der Waals surface area contributed by atoms with Crippen LogP contribution in [0.5, 0.6) is 5.75 Å². The molecular weight excluding hydrogens is 685 g/mol. The SMILES string of the molecule is CC/C=C\C/C=C\C/C=C\C/C=C\C/C=C\CCCC(=O)NCCNP(=O)(CO[C@H](C)Cn1cnc2c(N)ncnc21)Oc1cccc2ccccc12. The Morgan fingerprint density at radius 2 is 1.57 bits per heavy atom. The van der Waals surface area contributed by atoms with Crippen molar-refractivity contribution in [3.05, 3.63) is 116 Å². The lowest BCUT2D eigenvalue weighted by Gasteiger charge is -2.23. The van der Waals surface area contributed by atoms with Crippen LogP contribution in [0.4, 0.5) is 5.82 Å². The number of ether oxygens (including phenoxy) is 1. The van der Waals surface area contributed by atoms with Gasteiger partial charge in [0.15, 0.2) is 11.5 Å². The second-order valence-corrected chi connectivity index (χ2v) is 14.6. The number of carbonyl (C=O) groups excluding carboxylic acids is 1. The van der Waals surface area contributed by atoms with Crippen LogP contribution in [0.15, 0.2) is 116 Å². The lowest BCUT2D eigenvalue weighted by atomic mass is 10.1. The van der Waals surface area contributed by atoms with Gasteiger partial charge >= 0.3 is 7.52 Å². The van der Waals surface area contributed by atoms with Gasteiger partial charge in [-0.15, -0.1) is 0 Å². The molecule has 282 valence electrons. The van der Waals surface area contributed by atoms with Gasteiger partial charge in [0.1, 0.15) is 23.9 Å². The highest BCUT2D eigenvalue weighted by Crippen LogP contribution is 2.45. The summed E-state index contributed by atoms with van der Waals surface area (Å²) in [7, 11) is -3.58. The van der Waals surface area contributed by atoms with Crippen LogP contribution in [-0.4, -0.2) is 51.0 Å². The minimum atomic E-state index is -3.58. The summed E-state index contributed by atoms with van der Waals surface area (Å²) >= 11 is 0. The van der Waals surface area contributed by atoms with E-state index in [9.17, 15) is 9.36 Å². The number of hydrogen-bond donors (Lipinski definition) is 3. The van der Waals surface area contributed by atoms with Crippen LogP contribution < -0.4 is 20.7 Å². The van der Waals surface area contributed by atoms with Crippen LogP contribution in [0.3, 0.4) is 0 Å². The normalized spacial score (nSPS) is 14.1. The van der Waals surface area contributed by atoms with Crippen molar-refractivity contribution in [3.8, 4) is 5.75 Å². The number of nitrogens with one attached hydrogen (secondary N) is 2. The average molecular weight is 740 g/mol. The van der Waals surface area contributed by atoms with Gasteiger partial charge < -0.3 is 24.9 Å². The van der Waals surface area contributed by atoms with Crippen LogP contribution >= 0.6 is 7.52 Å². The van der Waals surface area contributed by atoms with Crippen molar-refractivity contribution in [3.63, 3.8) is 0 Å². The van der Waals surface area contributed by atoms with Gasteiger partial charge in [0.05, 0.1) is 19.0 Å². The molecule has 53 heavy (non-hydrogen) atoms. The standard InChI is InChI=1S/C41H54N7O4P/c1-3-4-5-6-7-8-9-10-11-12-13-14-15-16-17-18-19-27-38(49)43-28-29-47-53(50,52-37-26-22-24-35-23-20-21-25-36(35)37)33-51-34(2)30-48-32-46-39-40(42)44-31-45-41(39)48/h4-5,7-8,10-11,13-14,16-17,20-26,31-32,34H,3,6,9,12,15,18-19,27-30,33H2,1-2H3,(H,43,49)(H,47,50)(H2,42,44,45)/b5-4-,8-7-,11-10-,14-13-,17-16-/t34-,53?/m1/s1. The number of hydrogen-bond acceptors (Lipinski definition) is 8. The molecule has 1 unspecified atom stereocenters. The molecule has 2 aromatic heterocycles. The predicted molar refractivity (Wildman–Crippen MR) is 217 cm³/mol. The topological polar surface area (TPSA) is 146 Å². The van der Waals surface area contributed by atoms with E-state index in [4.69, 9.17) is 15.0 Å². The van der Waals surface area contributed by atoms with Gasteiger partial charge in [0.25, 0.3) is 0 Å². The first-order valence-corrected chi connectivity index (χ1v) is 20.3. The lowest BCUT2D eigenvalue weighted by molar-refractivity contribution is -0.121. The second-order valence-electron chi connectivity index (χ2n) is 12.5. The number of nitrogen functional groups attached to an aromatic ring is 1. The van der Waals surface area contributed by atoms with E-state index >= 15 is 0 Å². The van der Waals surface area contributed by atoms with E-state index in [0.717, 1.165) is 55.7 Å². The van der Waals surface area contributed by atoms with Crippen LogP contribution in [-0.2, 0) is 20.6 Å². The molecule has 0 spiro atoms. The zero-order valence-corrected chi connectivity index (χ0v) is 31.9. The minimum Gasteiger partial charge on any atom is -0.431 e. The Morgan fingerprint density at radius 1 is 0.887 bits per heavy atom. The number of aromatic nitrogens is 4. The predicted octanol–water partition coefficient (Wildman–Crippen LogP) is 8.82. The molecule has 11 nitrogen and oxygen atoms in total. The summed E-state index contributed by atoms with van der Waals surface area (Å²) in [6.45, 7) is 4.95. The Hall–Kier alpha value is -4.83. The van der Waals surface area contributed by atoms with Crippen LogP contribution in [0, 0.1) is 0 Å². The molecule has 1 amide bonds. The first-order valence-electron chi connectivity index (χ1n) is 18.4. The van der Waals surface area contributed by atoms with Gasteiger partial charge in [-0.3, -0.25) is 9.36 Å². The van der Waals surface area contributed by atoms with Crippen LogP contribution in [0.1, 0.15) is 65.2 Å². The highest BCUT2D eigenvalue weighted by Gasteiger charge is 2.27. The third-order valence-electron chi connectivity index (χ3n) is 8.14. The molecule has 0 fully saturated rings. The van der Waals surface area contributed by atoms with Gasteiger partial charge in [-0.25, -0.2) is 20.0 Å². The van der Waals surface area contributed by atoms with E-state index in [1.165, 1.54) is 6.33 Å². The first kappa shape index (κ1) is 40.9. The molecule has 2 aromatic carbocycles. The molecule has 0 saturated heterocycles. The molecule has 12 heteroatoms. The second kappa shape index (κ2) is 23.0. The number of rotatable bonds is 24. The van der Waals surface area contributed by atoms with Gasteiger partial charge in [-0.1, -0.05) is 104 Å². The van der Waals surface area contributed by atoms with Crippen LogP contribution in [0.2, 0.25) is 0 Å². The molecule has 0 saturated carbocycles. The monoisotopic (exact) mass is 739 g/mol. The van der Waals surface area contributed by atoms with Gasteiger partial charge in [-0.2, -0.15) is 0 Å². The zero-order chi connectivity index (χ0) is 37.6. The third kappa shape index (κ3) is 14.6. The summed E-state index contributed by atoms with van der Waals surface area (Å²) in [6, 6.07) is 13.4. The Kier molecular flexibility index (Phi) is 17.7. The van der Waals surface area contributed by atoms with E-state index in [1.807, 2.05) is 47.9 Å². The Bertz CT molecular complexity index is 1910. The summed E-state index contributed by atoms with van der Waals surface area (Å²) in [4.78, 5) is 25.1. The number of nitrogens with zero attached hydrogens (tertiary/aromatic N) is 4. The minimum absolute atomic E-state index is 0.0502. The van der Waals surface area contributed by atoms with Crippen molar-refractivity contribution in [2.45, 2.75) is 77.9 Å². The molecule has 0 aliphatic carbocycles. The summed E-state index contributed by atoms with van der Waals surface area (Å²) < 4.78 is 28.3. The molecule has 4 rings (SSSR count). The van der Waals surface area contributed by atoms with Crippen molar-refractivity contribution < 1.29 is 18.6 Å². The maximum Gasteiger partial charge on any atom is 0.342 e. The maximum atomic E-state index is 14.2. The molecule has 0 bridgehead atoms. The number of benzene rings is 2. The van der Waals surface area contributed by atoms with Crippen molar-refractivity contribution in [2.75, 3.05) is 25.2 Å². The quantitative estimate of drug-likeness (QED) is 0.0364. The summed E-state index contributed by atoms with van der Waals surface area (Å²) in [5.41, 5.74) is 7.04. The van der Waals surface area contributed by atoms with Gasteiger partial charge in [0, 0.05) is 24.9 Å². The number of anilines is 1. The summed E-state index contributed by atoms with van der Waals surface area (Å²) in [5, 5.41) is 7.78. The van der Waals surface area contributed by atoms with Crippen molar-refractivity contribution in [1.29, 1.82) is 0 Å². The molecule has 0 aliphatic heterocycles. The largest absolute Gasteiger partial charge is 0.431 e. The van der Waals surface area contributed by atoms with E-state index < -0.39 is 7.52 Å². The number of allylic oxidation sites excluding steroid dienone is 10. The van der Waals surface area contributed by atoms with E-state index in [1.54, 1.807) is 12.4 Å². The fourth-order valence-electron chi connectivity index (χ4n) is 5.39. The highest BCUT2D eigenvalue weighted by molar-refractivity contribution is 7.57. The van der Waals surface area contributed by atoms with Crippen LogP contribution in [0.25, 0.3) is 21.9 Å². The number of fused-ring (bicyclic) bond motifs is 2. The fraction of sp³-hybridized carbons (Fsp3) is 0.366. The van der Waals surface area contributed by atoms with Gasteiger partial charge in [-0.05, 0) is 63.3 Å². The van der Waals surface area contributed by atoms with E-state index in [2.05, 4.69) is 93.0 Å². The number of amides is 1. The smallest absolute Gasteiger partial charge is 0.342 e. The zero-order valence-electron chi connectivity index (χ0n) is 31.0. The number of carbonyl (C=O) groups is 1. The van der Waals surface area contributed by atoms with E-state index in [-0.39, 0.29) is 24.9 Å². The summed E-state index contributed by atoms with van der Waals surface area (Å²) in [6.07, 6.45) is 31.1. The van der Waals surface area contributed by atoms with Crippen molar-refractivity contribution >= 4 is 41.2 Å². The molecular formula is C41H54N7O4P. The molecule has 2 heterocycles.